The van der Waals surface area contributed by atoms with Gasteiger partial charge in [-0.15, -0.1) is 0 Å². The van der Waals surface area contributed by atoms with Crippen LogP contribution in [0.25, 0.3) is 0 Å². The van der Waals surface area contributed by atoms with Gasteiger partial charge in [0.05, 0.1) is 19.8 Å². The number of esters is 1. The Bertz CT molecular complexity index is 1030. The van der Waals surface area contributed by atoms with E-state index in [1.807, 2.05) is 78.9 Å². The van der Waals surface area contributed by atoms with Gasteiger partial charge in [0.15, 0.2) is 18.5 Å². The van der Waals surface area contributed by atoms with Crippen LogP contribution >= 0.6 is 0 Å². The van der Waals surface area contributed by atoms with Gasteiger partial charge in [0.1, 0.15) is 18.0 Å². The lowest BCUT2D eigenvalue weighted by Crippen LogP contribution is -2.62. The first-order valence-electron chi connectivity index (χ1n) is 11.6. The third-order valence-corrected chi connectivity index (χ3v) is 5.61. The standard InChI is InChI=1S/C28H30O7/c1-20(29)33-26-25(34-23-15-9-4-10-16-23)24(19-31-17-21-11-5-2-6-12-21)35-28(30)27(26)32-18-22-13-7-3-8-14-22/h2-16,24-28,30H,17-19H2,1H3/t24-,25+,26+,27-,28+/m1/s1. The fourth-order valence-electron chi connectivity index (χ4n) is 3.96. The highest BCUT2D eigenvalue weighted by atomic mass is 16.7. The molecule has 7 nitrogen and oxygen atoms in total. The van der Waals surface area contributed by atoms with E-state index in [0.717, 1.165) is 11.1 Å². The number of aliphatic hydroxyl groups is 1. The third kappa shape index (κ3) is 7.13. The molecule has 0 bridgehead atoms. The Morgan fingerprint density at radius 3 is 1.97 bits per heavy atom. The Hall–Kier alpha value is -3.23. The average Bonchev–Trinajstić information content (AvgIpc) is 2.87. The molecule has 0 saturated carbocycles. The molecule has 1 aliphatic rings. The van der Waals surface area contributed by atoms with Crippen LogP contribution in [0.1, 0.15) is 18.1 Å². The molecule has 4 rings (SSSR count). The van der Waals surface area contributed by atoms with E-state index >= 15 is 0 Å². The van der Waals surface area contributed by atoms with Crippen molar-refractivity contribution in [2.45, 2.75) is 50.8 Å². The summed E-state index contributed by atoms with van der Waals surface area (Å²) in [6.45, 7) is 2.00. The van der Waals surface area contributed by atoms with Crippen LogP contribution < -0.4 is 4.74 Å². The van der Waals surface area contributed by atoms with E-state index in [1.165, 1.54) is 6.92 Å². The van der Waals surface area contributed by atoms with E-state index in [2.05, 4.69) is 0 Å². The summed E-state index contributed by atoms with van der Waals surface area (Å²) in [7, 11) is 0. The van der Waals surface area contributed by atoms with Crippen LogP contribution in [-0.2, 0) is 37.0 Å². The Balaban J connectivity index is 1.53. The Morgan fingerprint density at radius 1 is 0.800 bits per heavy atom. The second-order valence-electron chi connectivity index (χ2n) is 8.30. The summed E-state index contributed by atoms with van der Waals surface area (Å²) in [5.41, 5.74) is 1.92. The number of carbonyl (C=O) groups is 1. The predicted octanol–water partition coefficient (Wildman–Crippen LogP) is 3.89. The highest BCUT2D eigenvalue weighted by Crippen LogP contribution is 2.30. The van der Waals surface area contributed by atoms with E-state index in [-0.39, 0.29) is 13.2 Å². The number of ether oxygens (including phenoxy) is 5. The second-order valence-corrected chi connectivity index (χ2v) is 8.30. The van der Waals surface area contributed by atoms with Crippen LogP contribution in [0.3, 0.4) is 0 Å². The summed E-state index contributed by atoms with van der Waals surface area (Å²) in [4.78, 5) is 12.1. The number of para-hydroxylation sites is 1. The van der Waals surface area contributed by atoms with Gasteiger partial charge < -0.3 is 28.8 Å². The quantitative estimate of drug-likeness (QED) is 0.443. The zero-order chi connectivity index (χ0) is 24.5. The van der Waals surface area contributed by atoms with Gasteiger partial charge in [0, 0.05) is 6.92 Å². The first-order chi connectivity index (χ1) is 17.1. The van der Waals surface area contributed by atoms with Crippen LogP contribution in [0.2, 0.25) is 0 Å². The highest BCUT2D eigenvalue weighted by Gasteiger charge is 2.50. The number of carbonyl (C=O) groups excluding carboxylic acids is 1. The molecule has 0 spiro atoms. The van der Waals surface area contributed by atoms with Gasteiger partial charge in [0.25, 0.3) is 0 Å². The fraction of sp³-hybridized carbons (Fsp3) is 0.321. The molecule has 3 aromatic rings. The van der Waals surface area contributed by atoms with Gasteiger partial charge in [-0.25, -0.2) is 0 Å². The minimum Gasteiger partial charge on any atom is -0.484 e. The summed E-state index contributed by atoms with van der Waals surface area (Å²) in [6.07, 6.45) is -4.72. The number of aliphatic hydroxyl groups excluding tert-OH is 1. The summed E-state index contributed by atoms with van der Waals surface area (Å²) in [5.74, 6) is 0.0625. The first kappa shape index (κ1) is 24.9. The SMILES string of the molecule is CC(=O)O[C@@H]1[C@@H](OCc2ccccc2)[C@@H](O)O[C@H](COCc2ccccc2)[C@@H]1Oc1ccccc1. The maximum atomic E-state index is 12.1. The lowest BCUT2D eigenvalue weighted by atomic mass is 9.98. The van der Waals surface area contributed by atoms with Crippen LogP contribution in [0.4, 0.5) is 0 Å². The van der Waals surface area contributed by atoms with Crippen molar-refractivity contribution in [1.82, 2.24) is 0 Å². The molecular weight excluding hydrogens is 448 g/mol. The van der Waals surface area contributed by atoms with Crippen molar-refractivity contribution in [3.63, 3.8) is 0 Å². The van der Waals surface area contributed by atoms with Crippen molar-refractivity contribution < 1.29 is 33.6 Å². The molecule has 1 heterocycles. The van der Waals surface area contributed by atoms with Crippen LogP contribution in [0.5, 0.6) is 5.75 Å². The molecule has 184 valence electrons. The molecule has 0 amide bonds. The molecule has 1 saturated heterocycles. The zero-order valence-electron chi connectivity index (χ0n) is 19.6. The summed E-state index contributed by atoms with van der Waals surface area (Å²) in [5, 5.41) is 10.9. The number of rotatable bonds is 10. The molecule has 0 aliphatic carbocycles. The number of hydrogen-bond donors (Lipinski definition) is 1. The van der Waals surface area contributed by atoms with Gasteiger partial charge >= 0.3 is 5.97 Å². The van der Waals surface area contributed by atoms with E-state index in [1.54, 1.807) is 12.1 Å². The molecule has 1 fully saturated rings. The molecular formula is C28H30O7. The highest BCUT2D eigenvalue weighted by molar-refractivity contribution is 5.66. The van der Waals surface area contributed by atoms with E-state index in [4.69, 9.17) is 23.7 Å². The Labute approximate surface area is 205 Å². The lowest BCUT2D eigenvalue weighted by molar-refractivity contribution is -0.298. The number of hydrogen-bond acceptors (Lipinski definition) is 7. The van der Waals surface area contributed by atoms with Crippen LogP contribution in [0.15, 0.2) is 91.0 Å². The van der Waals surface area contributed by atoms with Crippen molar-refractivity contribution in [1.29, 1.82) is 0 Å². The predicted molar refractivity (Wildman–Crippen MR) is 128 cm³/mol. The molecule has 0 aromatic heterocycles. The fourth-order valence-corrected chi connectivity index (χ4v) is 3.96. The minimum absolute atomic E-state index is 0.118. The molecule has 7 heteroatoms. The Morgan fingerprint density at radius 2 is 1.37 bits per heavy atom. The maximum absolute atomic E-state index is 12.1. The van der Waals surface area contributed by atoms with Gasteiger partial charge in [-0.3, -0.25) is 4.79 Å². The molecule has 0 radical (unpaired) electrons. The van der Waals surface area contributed by atoms with E-state index in [0.29, 0.717) is 12.4 Å². The van der Waals surface area contributed by atoms with Crippen molar-refractivity contribution in [3.8, 4) is 5.75 Å². The molecule has 0 unspecified atom stereocenters. The van der Waals surface area contributed by atoms with Crippen molar-refractivity contribution >= 4 is 5.97 Å². The third-order valence-electron chi connectivity index (χ3n) is 5.61. The average molecular weight is 479 g/mol. The molecule has 35 heavy (non-hydrogen) atoms. The second kappa shape index (κ2) is 12.5. The van der Waals surface area contributed by atoms with Crippen LogP contribution in [-0.4, -0.2) is 48.4 Å². The molecule has 1 N–H and O–H groups in total. The maximum Gasteiger partial charge on any atom is 0.303 e. The lowest BCUT2D eigenvalue weighted by Gasteiger charge is -2.43. The molecule has 3 aromatic carbocycles. The zero-order valence-corrected chi connectivity index (χ0v) is 19.6. The van der Waals surface area contributed by atoms with E-state index < -0.39 is 36.7 Å². The van der Waals surface area contributed by atoms with Gasteiger partial charge in [-0.05, 0) is 23.3 Å². The van der Waals surface area contributed by atoms with Crippen molar-refractivity contribution in [2.24, 2.45) is 0 Å². The van der Waals surface area contributed by atoms with Gasteiger partial charge in [0.2, 0.25) is 0 Å². The summed E-state index contributed by atoms with van der Waals surface area (Å²) >= 11 is 0. The monoisotopic (exact) mass is 478 g/mol. The van der Waals surface area contributed by atoms with Gasteiger partial charge in [-0.1, -0.05) is 78.9 Å². The summed E-state index contributed by atoms with van der Waals surface area (Å²) < 4.78 is 29.7. The van der Waals surface area contributed by atoms with Crippen molar-refractivity contribution in [3.05, 3.63) is 102 Å². The summed E-state index contributed by atoms with van der Waals surface area (Å²) in [6, 6.07) is 28.4. The van der Waals surface area contributed by atoms with Gasteiger partial charge in [-0.2, -0.15) is 0 Å². The Kier molecular flexibility index (Phi) is 8.86. The first-order valence-corrected chi connectivity index (χ1v) is 11.6. The minimum atomic E-state index is -1.34. The van der Waals surface area contributed by atoms with Crippen molar-refractivity contribution in [2.75, 3.05) is 6.61 Å². The van der Waals surface area contributed by atoms with Crippen LogP contribution in [0, 0.1) is 0 Å². The largest absolute Gasteiger partial charge is 0.484 e. The number of benzene rings is 3. The molecule has 5 atom stereocenters. The molecule has 1 aliphatic heterocycles. The van der Waals surface area contributed by atoms with E-state index in [9.17, 15) is 9.90 Å². The normalized spacial score (nSPS) is 24.0. The topological polar surface area (TPSA) is 83.5 Å². The smallest absolute Gasteiger partial charge is 0.303 e.